The highest BCUT2D eigenvalue weighted by molar-refractivity contribution is 5.91. The van der Waals surface area contributed by atoms with Crippen LogP contribution in [-0.4, -0.2) is 30.5 Å². The van der Waals surface area contributed by atoms with E-state index in [9.17, 15) is 4.79 Å². The van der Waals surface area contributed by atoms with Crippen LogP contribution in [0.25, 0.3) is 0 Å². The number of nitrogens with zero attached hydrogens (tertiary/aromatic N) is 1. The maximum Gasteiger partial charge on any atom is 0.273 e. The van der Waals surface area contributed by atoms with Crippen LogP contribution < -0.4 is 10.6 Å². The molecule has 2 aromatic rings. The monoisotopic (exact) mass is 327 g/mol. The summed E-state index contributed by atoms with van der Waals surface area (Å²) in [6.07, 6.45) is 6.72. The molecule has 0 aliphatic carbocycles. The number of nitrogens with one attached hydrogen (secondary N) is 2. The van der Waals surface area contributed by atoms with Crippen LogP contribution in [0.4, 0.5) is 0 Å². The first-order valence-electron chi connectivity index (χ1n) is 8.81. The molecule has 1 saturated heterocycles. The third-order valence-electron chi connectivity index (χ3n) is 4.42. The number of hydrogen-bond donors (Lipinski definition) is 2. The van der Waals surface area contributed by atoms with Crippen molar-refractivity contribution in [1.82, 2.24) is 15.6 Å². The molecule has 5 heteroatoms. The molecule has 0 bridgehead atoms. The summed E-state index contributed by atoms with van der Waals surface area (Å²) in [4.78, 5) is 16.5. The summed E-state index contributed by atoms with van der Waals surface area (Å²) in [6, 6.07) is 10.4. The van der Waals surface area contributed by atoms with Crippen LogP contribution in [0.5, 0.6) is 0 Å². The van der Waals surface area contributed by atoms with E-state index in [1.54, 1.807) is 0 Å². The minimum atomic E-state index is -0.145. The van der Waals surface area contributed by atoms with Gasteiger partial charge in [-0.1, -0.05) is 30.3 Å². The zero-order chi connectivity index (χ0) is 16.6. The van der Waals surface area contributed by atoms with Crippen molar-refractivity contribution in [3.05, 3.63) is 53.7 Å². The van der Waals surface area contributed by atoms with Gasteiger partial charge in [0, 0.05) is 19.0 Å². The molecule has 1 aliphatic heterocycles. The van der Waals surface area contributed by atoms with Gasteiger partial charge in [0.1, 0.15) is 6.26 Å². The molecule has 128 valence electrons. The first-order valence-corrected chi connectivity index (χ1v) is 8.81. The minimum Gasteiger partial charge on any atom is -0.448 e. The lowest BCUT2D eigenvalue weighted by molar-refractivity contribution is 0.0948. The van der Waals surface area contributed by atoms with Crippen molar-refractivity contribution in [1.29, 1.82) is 0 Å². The van der Waals surface area contributed by atoms with E-state index in [2.05, 4.69) is 39.9 Å². The van der Waals surface area contributed by atoms with E-state index in [4.69, 9.17) is 4.42 Å². The number of amides is 1. The van der Waals surface area contributed by atoms with Crippen molar-refractivity contribution in [2.75, 3.05) is 19.6 Å². The van der Waals surface area contributed by atoms with Gasteiger partial charge in [-0.3, -0.25) is 4.79 Å². The number of hydrogen-bond acceptors (Lipinski definition) is 4. The maximum atomic E-state index is 12.1. The van der Waals surface area contributed by atoms with E-state index in [0.717, 1.165) is 45.2 Å². The molecule has 1 amide bonds. The van der Waals surface area contributed by atoms with Crippen molar-refractivity contribution in [2.45, 2.75) is 38.0 Å². The van der Waals surface area contributed by atoms with E-state index in [1.165, 1.54) is 11.8 Å². The summed E-state index contributed by atoms with van der Waals surface area (Å²) < 4.78 is 5.50. The number of aromatic nitrogens is 1. The second-order valence-electron chi connectivity index (χ2n) is 6.31. The standard InChI is InChI=1S/C19H25N3O2/c23-18(21-12-5-4-9-15-7-2-1-3-8-15)17-14-24-19(22-17)16-10-6-11-20-13-16/h1-3,7-8,14,16,20H,4-6,9-13H2,(H,21,23). The predicted molar refractivity (Wildman–Crippen MR) is 93.1 cm³/mol. The SMILES string of the molecule is O=C(NCCCCc1ccccc1)c1coc(C2CCCNC2)n1. The summed E-state index contributed by atoms with van der Waals surface area (Å²) in [5.74, 6) is 0.816. The Balaban J connectivity index is 1.38. The van der Waals surface area contributed by atoms with Gasteiger partial charge in [-0.05, 0) is 44.2 Å². The summed E-state index contributed by atoms with van der Waals surface area (Å²) in [7, 11) is 0. The Morgan fingerprint density at radius 2 is 2.17 bits per heavy atom. The Morgan fingerprint density at radius 1 is 1.29 bits per heavy atom. The Labute approximate surface area is 142 Å². The van der Waals surface area contributed by atoms with Crippen LogP contribution in [-0.2, 0) is 6.42 Å². The zero-order valence-corrected chi connectivity index (χ0v) is 14.0. The lowest BCUT2D eigenvalue weighted by Crippen LogP contribution is -2.29. The van der Waals surface area contributed by atoms with Crippen LogP contribution in [0.15, 0.2) is 41.0 Å². The number of carbonyl (C=O) groups is 1. The quantitative estimate of drug-likeness (QED) is 0.767. The largest absolute Gasteiger partial charge is 0.448 e. The smallest absolute Gasteiger partial charge is 0.273 e. The summed E-state index contributed by atoms with van der Waals surface area (Å²) in [5, 5.41) is 6.26. The van der Waals surface area contributed by atoms with Crippen molar-refractivity contribution in [3.8, 4) is 0 Å². The molecule has 2 N–H and O–H groups in total. The molecular weight excluding hydrogens is 302 g/mol. The second-order valence-corrected chi connectivity index (χ2v) is 6.31. The number of carbonyl (C=O) groups excluding carboxylic acids is 1. The minimum absolute atomic E-state index is 0.145. The number of rotatable bonds is 7. The number of benzene rings is 1. The van der Waals surface area contributed by atoms with Crippen LogP contribution in [0.2, 0.25) is 0 Å². The normalized spacial score (nSPS) is 17.6. The molecule has 1 aliphatic rings. The van der Waals surface area contributed by atoms with Gasteiger partial charge in [-0.2, -0.15) is 0 Å². The predicted octanol–water partition coefficient (Wildman–Crippen LogP) is 2.89. The van der Waals surface area contributed by atoms with Crippen molar-refractivity contribution < 1.29 is 9.21 Å². The summed E-state index contributed by atoms with van der Waals surface area (Å²) >= 11 is 0. The Morgan fingerprint density at radius 3 is 2.96 bits per heavy atom. The van der Waals surface area contributed by atoms with E-state index in [-0.39, 0.29) is 11.8 Å². The summed E-state index contributed by atoms with van der Waals surface area (Å²) in [6.45, 7) is 2.59. The van der Waals surface area contributed by atoms with Gasteiger partial charge in [0.2, 0.25) is 0 Å². The second kappa shape index (κ2) is 8.64. The van der Waals surface area contributed by atoms with Gasteiger partial charge in [0.25, 0.3) is 5.91 Å². The van der Waals surface area contributed by atoms with Crippen LogP contribution >= 0.6 is 0 Å². The highest BCUT2D eigenvalue weighted by atomic mass is 16.3. The molecule has 5 nitrogen and oxygen atoms in total. The molecule has 0 radical (unpaired) electrons. The fourth-order valence-corrected chi connectivity index (χ4v) is 3.03. The molecule has 24 heavy (non-hydrogen) atoms. The number of aryl methyl sites for hydroxylation is 1. The first kappa shape index (κ1) is 16.7. The molecular formula is C19H25N3O2. The Bertz CT molecular complexity index is 633. The third kappa shape index (κ3) is 4.68. The van der Waals surface area contributed by atoms with Gasteiger partial charge in [0.05, 0.1) is 0 Å². The lowest BCUT2D eigenvalue weighted by atomic mass is 10.00. The van der Waals surface area contributed by atoms with Gasteiger partial charge >= 0.3 is 0 Å². The number of piperidine rings is 1. The highest BCUT2D eigenvalue weighted by Crippen LogP contribution is 2.22. The Hall–Kier alpha value is -2.14. The molecule has 0 saturated carbocycles. The average molecular weight is 327 g/mol. The van der Waals surface area contributed by atoms with E-state index in [1.807, 2.05) is 6.07 Å². The Kier molecular flexibility index (Phi) is 6.01. The topological polar surface area (TPSA) is 67.2 Å². The van der Waals surface area contributed by atoms with Gasteiger partial charge < -0.3 is 15.1 Å². The van der Waals surface area contributed by atoms with Gasteiger partial charge in [-0.25, -0.2) is 4.98 Å². The van der Waals surface area contributed by atoms with Crippen molar-refractivity contribution in [3.63, 3.8) is 0 Å². The van der Waals surface area contributed by atoms with Crippen LogP contribution in [0, 0.1) is 0 Å². The molecule has 3 rings (SSSR count). The van der Waals surface area contributed by atoms with E-state index >= 15 is 0 Å². The third-order valence-corrected chi connectivity index (χ3v) is 4.42. The molecule has 1 fully saturated rings. The molecule has 1 aromatic heterocycles. The molecule has 1 unspecified atom stereocenters. The van der Waals surface area contributed by atoms with E-state index in [0.29, 0.717) is 18.1 Å². The zero-order valence-electron chi connectivity index (χ0n) is 14.0. The van der Waals surface area contributed by atoms with Crippen molar-refractivity contribution >= 4 is 5.91 Å². The van der Waals surface area contributed by atoms with Gasteiger partial charge in [-0.15, -0.1) is 0 Å². The molecule has 1 atom stereocenters. The number of unbranched alkanes of at least 4 members (excludes halogenated alkanes) is 1. The van der Waals surface area contributed by atoms with Crippen LogP contribution in [0.3, 0.4) is 0 Å². The highest BCUT2D eigenvalue weighted by Gasteiger charge is 2.21. The average Bonchev–Trinajstić information content (AvgIpc) is 3.13. The van der Waals surface area contributed by atoms with Crippen LogP contribution in [0.1, 0.15) is 53.5 Å². The fourth-order valence-electron chi connectivity index (χ4n) is 3.03. The lowest BCUT2D eigenvalue weighted by Gasteiger charge is -2.19. The molecule has 0 spiro atoms. The first-order chi connectivity index (χ1) is 11.8. The van der Waals surface area contributed by atoms with Crippen molar-refractivity contribution in [2.24, 2.45) is 0 Å². The molecule has 1 aromatic carbocycles. The number of oxazole rings is 1. The maximum absolute atomic E-state index is 12.1. The fraction of sp³-hybridized carbons (Fsp3) is 0.474. The van der Waals surface area contributed by atoms with Gasteiger partial charge in [0.15, 0.2) is 11.6 Å². The van der Waals surface area contributed by atoms with E-state index < -0.39 is 0 Å². The molecule has 2 heterocycles. The summed E-state index contributed by atoms with van der Waals surface area (Å²) in [5.41, 5.74) is 1.73.